The molecule has 2 heterocycles. The minimum Gasteiger partial charge on any atom is -0.373 e. The van der Waals surface area contributed by atoms with Gasteiger partial charge in [-0.3, -0.25) is 4.90 Å². The number of likely N-dealkylation sites (N-methyl/N-ethyl adjacent to an activating group) is 2. The average Bonchev–Trinajstić information content (AvgIpc) is 2.85. The molecule has 1 fully saturated rings. The predicted octanol–water partition coefficient (Wildman–Crippen LogP) is 1.32. The number of anilines is 1. The topological polar surface area (TPSA) is 44.3 Å². The molecule has 0 amide bonds. The first-order chi connectivity index (χ1) is 9.69. The van der Waals surface area contributed by atoms with E-state index in [1.807, 2.05) is 7.05 Å². The van der Waals surface area contributed by atoms with Gasteiger partial charge >= 0.3 is 0 Å². The van der Waals surface area contributed by atoms with Crippen LogP contribution in [0.5, 0.6) is 0 Å². The molecule has 1 aromatic heterocycles. The second-order valence-electron chi connectivity index (χ2n) is 6.07. The van der Waals surface area contributed by atoms with E-state index in [9.17, 15) is 0 Å². The maximum atomic E-state index is 4.89. The number of aryl methyl sites for hydroxylation is 1. The molecule has 0 saturated carbocycles. The van der Waals surface area contributed by atoms with E-state index in [2.05, 4.69) is 29.2 Å². The Morgan fingerprint density at radius 3 is 2.75 bits per heavy atom. The van der Waals surface area contributed by atoms with Crippen molar-refractivity contribution in [3.05, 3.63) is 17.1 Å². The highest BCUT2D eigenvalue weighted by molar-refractivity contribution is 5.48. The molecular weight excluding hydrogens is 250 g/mol. The zero-order valence-corrected chi connectivity index (χ0v) is 12.8. The number of hydrogen-bond donors (Lipinski definition) is 1. The average molecular weight is 275 g/mol. The third kappa shape index (κ3) is 2.52. The van der Waals surface area contributed by atoms with Crippen LogP contribution in [0.1, 0.15) is 36.0 Å². The minimum atomic E-state index is 0.306. The molecule has 0 radical (unpaired) electrons. The van der Waals surface area contributed by atoms with Gasteiger partial charge in [0.15, 0.2) is 0 Å². The van der Waals surface area contributed by atoms with Crippen molar-refractivity contribution in [1.29, 1.82) is 0 Å². The van der Waals surface area contributed by atoms with Gasteiger partial charge in [0.2, 0.25) is 0 Å². The summed E-state index contributed by atoms with van der Waals surface area (Å²) in [6.07, 6.45) is 4.65. The van der Waals surface area contributed by atoms with E-state index in [-0.39, 0.29) is 0 Å². The van der Waals surface area contributed by atoms with E-state index < -0.39 is 0 Å². The van der Waals surface area contributed by atoms with Crippen molar-refractivity contribution in [2.75, 3.05) is 46.1 Å². The Balaban J connectivity index is 1.96. The Morgan fingerprint density at radius 2 is 1.95 bits per heavy atom. The van der Waals surface area contributed by atoms with E-state index in [1.165, 1.54) is 24.1 Å². The smallest absolute Gasteiger partial charge is 0.149 e. The number of nitrogens with one attached hydrogen (secondary N) is 1. The Bertz CT molecular complexity index is 487. The molecule has 0 bridgehead atoms. The van der Waals surface area contributed by atoms with Crippen LogP contribution in [0, 0.1) is 0 Å². The van der Waals surface area contributed by atoms with Crippen molar-refractivity contribution in [2.45, 2.75) is 31.7 Å². The van der Waals surface area contributed by atoms with Crippen molar-refractivity contribution >= 4 is 5.82 Å². The van der Waals surface area contributed by atoms with Gasteiger partial charge in [0, 0.05) is 24.8 Å². The van der Waals surface area contributed by atoms with Crippen LogP contribution in [0.3, 0.4) is 0 Å². The molecule has 5 heteroatoms. The lowest BCUT2D eigenvalue weighted by molar-refractivity contribution is 0.219. The molecule has 1 atom stereocenters. The van der Waals surface area contributed by atoms with Crippen molar-refractivity contribution in [3.8, 4) is 0 Å². The van der Waals surface area contributed by atoms with Crippen LogP contribution in [0.15, 0.2) is 0 Å². The standard InChI is InChI=1S/C15H25N5/c1-16-14-11-6-4-7-12(11)17-15(18-14)13-10-19(2)8-5-9-20(13)3/h13H,4-10H2,1-3H3,(H,16,17,18). The first kappa shape index (κ1) is 13.8. The van der Waals surface area contributed by atoms with E-state index in [1.54, 1.807) is 0 Å². The molecule has 1 aromatic rings. The lowest BCUT2D eigenvalue weighted by atomic mass is 10.2. The van der Waals surface area contributed by atoms with Gasteiger partial charge in [0.05, 0.1) is 6.04 Å². The lowest BCUT2D eigenvalue weighted by Gasteiger charge is -2.27. The number of hydrogen-bond acceptors (Lipinski definition) is 5. The Kier molecular flexibility index (Phi) is 3.89. The van der Waals surface area contributed by atoms with Gasteiger partial charge in [-0.1, -0.05) is 0 Å². The Hall–Kier alpha value is -1.20. The molecule has 1 aliphatic carbocycles. The quantitative estimate of drug-likeness (QED) is 0.882. The van der Waals surface area contributed by atoms with Gasteiger partial charge in [-0.15, -0.1) is 0 Å². The fourth-order valence-electron chi connectivity index (χ4n) is 3.36. The van der Waals surface area contributed by atoms with Crippen LogP contribution in [0.4, 0.5) is 5.82 Å². The van der Waals surface area contributed by atoms with E-state index in [4.69, 9.17) is 9.97 Å². The molecule has 1 aliphatic heterocycles. The highest BCUT2D eigenvalue weighted by atomic mass is 15.2. The van der Waals surface area contributed by atoms with Crippen molar-refractivity contribution in [2.24, 2.45) is 0 Å². The summed E-state index contributed by atoms with van der Waals surface area (Å²) in [5.41, 5.74) is 2.60. The Labute approximate surface area is 121 Å². The summed E-state index contributed by atoms with van der Waals surface area (Å²) >= 11 is 0. The normalized spacial score (nSPS) is 24.4. The monoisotopic (exact) mass is 275 g/mol. The van der Waals surface area contributed by atoms with E-state index in [0.717, 1.165) is 44.1 Å². The van der Waals surface area contributed by atoms with Crippen LogP contribution < -0.4 is 5.32 Å². The third-order valence-corrected chi connectivity index (χ3v) is 4.55. The summed E-state index contributed by atoms with van der Waals surface area (Å²) < 4.78 is 0. The second-order valence-corrected chi connectivity index (χ2v) is 6.07. The van der Waals surface area contributed by atoms with Crippen molar-refractivity contribution in [1.82, 2.24) is 19.8 Å². The van der Waals surface area contributed by atoms with Gasteiger partial charge < -0.3 is 10.2 Å². The highest BCUT2D eigenvalue weighted by Gasteiger charge is 2.27. The summed E-state index contributed by atoms with van der Waals surface area (Å²) in [5, 5.41) is 3.27. The predicted molar refractivity (Wildman–Crippen MR) is 81.1 cm³/mol. The molecule has 0 aromatic carbocycles. The van der Waals surface area contributed by atoms with Gasteiger partial charge in [-0.25, -0.2) is 9.97 Å². The first-order valence-corrected chi connectivity index (χ1v) is 7.65. The zero-order valence-electron chi connectivity index (χ0n) is 12.8. The summed E-state index contributed by atoms with van der Waals surface area (Å²) in [6.45, 7) is 3.29. The Morgan fingerprint density at radius 1 is 1.10 bits per heavy atom. The van der Waals surface area contributed by atoms with Gasteiger partial charge in [0.25, 0.3) is 0 Å². The SMILES string of the molecule is CNc1nc(C2CN(C)CCCN2C)nc2c1CCC2. The zero-order chi connectivity index (χ0) is 14.1. The maximum Gasteiger partial charge on any atom is 0.149 e. The molecule has 5 nitrogen and oxygen atoms in total. The number of nitrogens with zero attached hydrogens (tertiary/aromatic N) is 4. The van der Waals surface area contributed by atoms with E-state index >= 15 is 0 Å². The van der Waals surface area contributed by atoms with Crippen LogP contribution in [0.2, 0.25) is 0 Å². The lowest BCUT2D eigenvalue weighted by Crippen LogP contribution is -2.32. The molecule has 0 spiro atoms. The third-order valence-electron chi connectivity index (χ3n) is 4.55. The molecule has 1 unspecified atom stereocenters. The molecule has 1 saturated heterocycles. The second kappa shape index (κ2) is 5.66. The molecular formula is C15H25N5. The summed E-state index contributed by atoms with van der Waals surface area (Å²) in [6, 6.07) is 0.306. The summed E-state index contributed by atoms with van der Waals surface area (Å²) in [4.78, 5) is 14.5. The molecule has 3 rings (SSSR count). The fourth-order valence-corrected chi connectivity index (χ4v) is 3.36. The van der Waals surface area contributed by atoms with Gasteiger partial charge in [-0.2, -0.15) is 0 Å². The number of fused-ring (bicyclic) bond motifs is 1. The molecule has 2 aliphatic rings. The first-order valence-electron chi connectivity index (χ1n) is 7.65. The molecule has 1 N–H and O–H groups in total. The van der Waals surface area contributed by atoms with Crippen LogP contribution in [0.25, 0.3) is 0 Å². The number of aromatic nitrogens is 2. The van der Waals surface area contributed by atoms with E-state index in [0.29, 0.717) is 6.04 Å². The van der Waals surface area contributed by atoms with Crippen molar-refractivity contribution < 1.29 is 0 Å². The van der Waals surface area contributed by atoms with Gasteiger partial charge in [-0.05, 0) is 52.9 Å². The van der Waals surface area contributed by atoms with Crippen molar-refractivity contribution in [3.63, 3.8) is 0 Å². The fraction of sp³-hybridized carbons (Fsp3) is 0.733. The minimum absolute atomic E-state index is 0.306. The highest BCUT2D eigenvalue weighted by Crippen LogP contribution is 2.29. The summed E-state index contributed by atoms with van der Waals surface area (Å²) in [5.74, 6) is 2.04. The maximum absolute atomic E-state index is 4.89. The van der Waals surface area contributed by atoms with Gasteiger partial charge in [0.1, 0.15) is 11.6 Å². The van der Waals surface area contributed by atoms with Crippen LogP contribution >= 0.6 is 0 Å². The molecule has 20 heavy (non-hydrogen) atoms. The molecule has 110 valence electrons. The summed E-state index contributed by atoms with van der Waals surface area (Å²) in [7, 11) is 6.35. The van der Waals surface area contributed by atoms with Crippen LogP contribution in [-0.4, -0.2) is 60.5 Å². The largest absolute Gasteiger partial charge is 0.373 e. The van der Waals surface area contributed by atoms with Crippen LogP contribution in [-0.2, 0) is 12.8 Å². The number of rotatable bonds is 2.